The molecule has 0 fully saturated rings. The fourth-order valence-electron chi connectivity index (χ4n) is 2.44. The van der Waals surface area contributed by atoms with Crippen molar-refractivity contribution >= 4 is 0 Å². The van der Waals surface area contributed by atoms with Gasteiger partial charge in [-0.15, -0.1) is 0 Å². The molecule has 1 aromatic heterocycles. The van der Waals surface area contributed by atoms with Crippen LogP contribution in [0.1, 0.15) is 11.1 Å². The Hall–Kier alpha value is -2.63. The minimum atomic E-state index is -4.75. The maximum absolute atomic E-state index is 13.4. The number of halogens is 4. The second-order valence-electron chi connectivity index (χ2n) is 5.22. The Bertz CT molecular complexity index is 850. The molecule has 0 radical (unpaired) electrons. The molecule has 1 N–H and O–H groups in total. The first-order valence-electron chi connectivity index (χ1n) is 6.84. The summed E-state index contributed by atoms with van der Waals surface area (Å²) in [4.78, 5) is 0. The first-order valence-corrected chi connectivity index (χ1v) is 6.84. The van der Waals surface area contributed by atoms with E-state index in [1.807, 2.05) is 31.2 Å². The Morgan fingerprint density at radius 2 is 1.78 bits per heavy atom. The molecule has 23 heavy (non-hydrogen) atoms. The molecule has 0 amide bonds. The third kappa shape index (κ3) is 2.97. The summed E-state index contributed by atoms with van der Waals surface area (Å²) < 4.78 is 52.1. The number of aromatic nitrogens is 2. The van der Waals surface area contributed by atoms with Crippen molar-refractivity contribution in [1.29, 1.82) is 0 Å². The quantitative estimate of drug-likeness (QED) is 0.645. The first-order chi connectivity index (χ1) is 10.9. The normalized spacial score (nSPS) is 11.7. The Morgan fingerprint density at radius 1 is 1.00 bits per heavy atom. The van der Waals surface area contributed by atoms with E-state index in [4.69, 9.17) is 0 Å². The number of nitrogens with zero attached hydrogens (tertiary/aromatic N) is 1. The van der Waals surface area contributed by atoms with E-state index in [1.54, 1.807) is 6.20 Å². The summed E-state index contributed by atoms with van der Waals surface area (Å²) in [5.41, 5.74) is 1.86. The number of hydrogen-bond donors (Lipinski definition) is 1. The van der Waals surface area contributed by atoms with Crippen LogP contribution in [0.4, 0.5) is 17.6 Å². The van der Waals surface area contributed by atoms with Crippen molar-refractivity contribution in [2.45, 2.75) is 13.1 Å². The van der Waals surface area contributed by atoms with Gasteiger partial charge in [0, 0.05) is 11.1 Å². The number of aryl methyl sites for hydroxylation is 1. The van der Waals surface area contributed by atoms with Crippen molar-refractivity contribution in [2.24, 2.45) is 0 Å². The lowest BCUT2D eigenvalue weighted by molar-refractivity contribution is -0.139. The average Bonchev–Trinajstić information content (AvgIpc) is 2.96. The predicted molar refractivity (Wildman–Crippen MR) is 79.2 cm³/mol. The third-order valence-electron chi connectivity index (χ3n) is 3.53. The third-order valence-corrected chi connectivity index (χ3v) is 3.53. The molecule has 0 aliphatic carbocycles. The molecule has 0 aliphatic heterocycles. The van der Waals surface area contributed by atoms with Gasteiger partial charge in [0.2, 0.25) is 0 Å². The second-order valence-corrected chi connectivity index (χ2v) is 5.22. The predicted octanol–water partition coefficient (Wildman–Crippen LogP) is 5.21. The van der Waals surface area contributed by atoms with E-state index in [-0.39, 0.29) is 5.56 Å². The molecule has 0 unspecified atom stereocenters. The van der Waals surface area contributed by atoms with Crippen molar-refractivity contribution in [1.82, 2.24) is 10.2 Å². The molecule has 0 saturated heterocycles. The SMILES string of the molecule is Cc1cccc(-c2cn[nH]c2-c2ccc(F)c(C(F)(F)F)c2)c1. The zero-order valence-corrected chi connectivity index (χ0v) is 12.1. The van der Waals surface area contributed by atoms with Gasteiger partial charge in [-0.2, -0.15) is 18.3 Å². The van der Waals surface area contributed by atoms with E-state index in [0.29, 0.717) is 11.3 Å². The Kier molecular flexibility index (Phi) is 3.67. The molecule has 3 aromatic rings. The van der Waals surface area contributed by atoms with E-state index in [9.17, 15) is 17.6 Å². The van der Waals surface area contributed by atoms with Gasteiger partial charge >= 0.3 is 6.18 Å². The highest BCUT2D eigenvalue weighted by Crippen LogP contribution is 2.36. The van der Waals surface area contributed by atoms with Crippen LogP contribution in [0.15, 0.2) is 48.7 Å². The standard InChI is InChI=1S/C17H12F4N2/c1-10-3-2-4-11(7-10)13-9-22-23-16(13)12-5-6-15(18)14(8-12)17(19,20)21/h2-9H,1H3,(H,22,23). The molecule has 0 saturated carbocycles. The number of benzene rings is 2. The average molecular weight is 320 g/mol. The van der Waals surface area contributed by atoms with E-state index >= 15 is 0 Å². The number of aromatic amines is 1. The molecule has 1 heterocycles. The zero-order valence-electron chi connectivity index (χ0n) is 12.1. The van der Waals surface area contributed by atoms with Crippen molar-refractivity contribution < 1.29 is 17.6 Å². The maximum atomic E-state index is 13.4. The van der Waals surface area contributed by atoms with Gasteiger partial charge in [0.25, 0.3) is 0 Å². The van der Waals surface area contributed by atoms with Crippen LogP contribution in [0.2, 0.25) is 0 Å². The molecular weight excluding hydrogens is 308 g/mol. The summed E-state index contributed by atoms with van der Waals surface area (Å²) >= 11 is 0. The lowest BCUT2D eigenvalue weighted by Gasteiger charge is -2.10. The topological polar surface area (TPSA) is 28.7 Å². The Balaban J connectivity index is 2.13. The van der Waals surface area contributed by atoms with Crippen LogP contribution in [0.5, 0.6) is 0 Å². The fraction of sp³-hybridized carbons (Fsp3) is 0.118. The summed E-state index contributed by atoms with van der Waals surface area (Å²) in [5.74, 6) is -1.29. The van der Waals surface area contributed by atoms with Crippen LogP contribution in [-0.2, 0) is 6.18 Å². The number of alkyl halides is 3. The van der Waals surface area contributed by atoms with Crippen LogP contribution in [0, 0.1) is 12.7 Å². The lowest BCUT2D eigenvalue weighted by Crippen LogP contribution is -2.08. The van der Waals surface area contributed by atoms with Crippen molar-refractivity contribution in [3.63, 3.8) is 0 Å². The summed E-state index contributed by atoms with van der Waals surface area (Å²) in [6.45, 7) is 1.92. The summed E-state index contributed by atoms with van der Waals surface area (Å²) in [5, 5.41) is 6.62. The van der Waals surface area contributed by atoms with Crippen molar-refractivity contribution in [2.75, 3.05) is 0 Å². The lowest BCUT2D eigenvalue weighted by atomic mass is 9.99. The molecular formula is C17H12F4N2. The van der Waals surface area contributed by atoms with Crippen molar-refractivity contribution in [3.05, 3.63) is 65.6 Å². The van der Waals surface area contributed by atoms with Crippen molar-refractivity contribution in [3.8, 4) is 22.4 Å². The first kappa shape index (κ1) is 15.3. The van der Waals surface area contributed by atoms with E-state index in [1.165, 1.54) is 6.07 Å². The second kappa shape index (κ2) is 5.53. The van der Waals surface area contributed by atoms with Gasteiger partial charge < -0.3 is 0 Å². The number of hydrogen-bond acceptors (Lipinski definition) is 1. The van der Waals surface area contributed by atoms with Gasteiger partial charge in [-0.1, -0.05) is 29.8 Å². The summed E-state index contributed by atoms with van der Waals surface area (Å²) in [6, 6.07) is 10.4. The van der Waals surface area contributed by atoms with Crippen LogP contribution in [0.25, 0.3) is 22.4 Å². The monoisotopic (exact) mass is 320 g/mol. The smallest absolute Gasteiger partial charge is 0.277 e. The van der Waals surface area contributed by atoms with Gasteiger partial charge in [-0.3, -0.25) is 5.10 Å². The number of nitrogens with one attached hydrogen (secondary N) is 1. The van der Waals surface area contributed by atoms with Gasteiger partial charge in [-0.25, -0.2) is 4.39 Å². The van der Waals surface area contributed by atoms with Gasteiger partial charge in [-0.05, 0) is 30.7 Å². The molecule has 118 valence electrons. The molecule has 3 rings (SSSR count). The minimum Gasteiger partial charge on any atom is -0.277 e. The zero-order chi connectivity index (χ0) is 16.6. The van der Waals surface area contributed by atoms with E-state index in [0.717, 1.165) is 23.3 Å². The summed E-state index contributed by atoms with van der Waals surface area (Å²) in [6.07, 6.45) is -3.20. The van der Waals surface area contributed by atoms with E-state index in [2.05, 4.69) is 10.2 Å². The molecule has 2 aromatic carbocycles. The van der Waals surface area contributed by atoms with Gasteiger partial charge in [0.05, 0.1) is 17.5 Å². The maximum Gasteiger partial charge on any atom is 0.419 e. The minimum absolute atomic E-state index is 0.229. The molecule has 2 nitrogen and oxygen atoms in total. The molecule has 0 atom stereocenters. The molecule has 0 bridgehead atoms. The fourth-order valence-corrected chi connectivity index (χ4v) is 2.44. The highest BCUT2D eigenvalue weighted by molar-refractivity contribution is 5.80. The number of rotatable bonds is 2. The van der Waals surface area contributed by atoms with E-state index < -0.39 is 17.6 Å². The van der Waals surface area contributed by atoms with Crippen LogP contribution in [0.3, 0.4) is 0 Å². The molecule has 6 heteroatoms. The summed E-state index contributed by atoms with van der Waals surface area (Å²) in [7, 11) is 0. The Morgan fingerprint density at radius 3 is 2.48 bits per heavy atom. The largest absolute Gasteiger partial charge is 0.419 e. The molecule has 0 aliphatic rings. The highest BCUT2D eigenvalue weighted by atomic mass is 19.4. The van der Waals surface area contributed by atoms with Crippen LogP contribution in [-0.4, -0.2) is 10.2 Å². The molecule has 0 spiro atoms. The Labute approximate surface area is 129 Å². The highest BCUT2D eigenvalue weighted by Gasteiger charge is 2.34. The van der Waals surface area contributed by atoms with Crippen LogP contribution < -0.4 is 0 Å². The van der Waals surface area contributed by atoms with Crippen LogP contribution >= 0.6 is 0 Å². The van der Waals surface area contributed by atoms with Gasteiger partial charge in [0.15, 0.2) is 0 Å². The van der Waals surface area contributed by atoms with Gasteiger partial charge in [0.1, 0.15) is 5.82 Å². The number of H-pyrrole nitrogens is 1.